The molecule has 122 valence electrons. The smallest absolute Gasteiger partial charge is 0.270 e. The number of amides is 1. The number of thiocarbonyl (C=S) groups is 1. The van der Waals surface area contributed by atoms with Gasteiger partial charge < -0.3 is 5.32 Å². The number of carbonyl (C=O) groups is 1. The predicted octanol–water partition coefficient (Wildman–Crippen LogP) is 3.28. The van der Waals surface area contributed by atoms with Crippen molar-refractivity contribution in [1.29, 1.82) is 0 Å². The van der Waals surface area contributed by atoms with E-state index in [9.17, 15) is 14.9 Å². The van der Waals surface area contributed by atoms with Crippen molar-refractivity contribution in [2.45, 2.75) is 0 Å². The maximum atomic E-state index is 11.8. The number of non-ortho nitro benzene ring substituents is 1. The zero-order chi connectivity index (χ0) is 17.5. The molecule has 2 rings (SSSR count). The van der Waals surface area contributed by atoms with Gasteiger partial charge in [0.25, 0.3) is 5.69 Å². The summed E-state index contributed by atoms with van der Waals surface area (Å²) in [5.41, 5.74) is 0.490. The van der Waals surface area contributed by atoms with Gasteiger partial charge in [0.05, 0.1) is 4.92 Å². The third-order valence-corrected chi connectivity index (χ3v) is 3.39. The van der Waals surface area contributed by atoms with Crippen LogP contribution >= 0.6 is 28.1 Å². The summed E-state index contributed by atoms with van der Waals surface area (Å²) in [5, 5.41) is 16.0. The van der Waals surface area contributed by atoms with Crippen molar-refractivity contribution in [2.75, 3.05) is 5.32 Å². The Balaban J connectivity index is 1.92. The molecule has 2 N–H and O–H groups in total. The fourth-order valence-electron chi connectivity index (χ4n) is 1.66. The van der Waals surface area contributed by atoms with Gasteiger partial charge in [-0.25, -0.2) is 4.98 Å². The minimum Gasteiger partial charge on any atom is -0.317 e. The van der Waals surface area contributed by atoms with Crippen LogP contribution in [0.5, 0.6) is 0 Å². The molecule has 0 bridgehead atoms. The molecule has 1 aromatic heterocycles. The Morgan fingerprint density at radius 2 is 2.12 bits per heavy atom. The van der Waals surface area contributed by atoms with Crippen LogP contribution < -0.4 is 10.6 Å². The van der Waals surface area contributed by atoms with Crippen molar-refractivity contribution < 1.29 is 9.72 Å². The molecule has 0 fully saturated rings. The lowest BCUT2D eigenvalue weighted by atomic mass is 10.2. The van der Waals surface area contributed by atoms with Crippen LogP contribution in [0, 0.1) is 10.1 Å². The maximum Gasteiger partial charge on any atom is 0.270 e. The molecule has 0 saturated carbocycles. The number of pyridine rings is 1. The Morgan fingerprint density at radius 3 is 2.79 bits per heavy atom. The second kappa shape index (κ2) is 8.27. The number of halogens is 1. The van der Waals surface area contributed by atoms with E-state index in [2.05, 4.69) is 31.5 Å². The van der Waals surface area contributed by atoms with Crippen LogP contribution in [0.4, 0.5) is 11.5 Å². The summed E-state index contributed by atoms with van der Waals surface area (Å²) in [6, 6.07) is 9.41. The van der Waals surface area contributed by atoms with Crippen LogP contribution in [0.25, 0.3) is 6.08 Å². The minimum absolute atomic E-state index is 0.0453. The summed E-state index contributed by atoms with van der Waals surface area (Å²) >= 11 is 8.28. The minimum atomic E-state index is -0.498. The van der Waals surface area contributed by atoms with Gasteiger partial charge in [0.15, 0.2) is 5.11 Å². The van der Waals surface area contributed by atoms with E-state index in [4.69, 9.17) is 12.2 Å². The zero-order valence-electron chi connectivity index (χ0n) is 12.1. The van der Waals surface area contributed by atoms with E-state index in [0.29, 0.717) is 11.4 Å². The van der Waals surface area contributed by atoms with Crippen molar-refractivity contribution in [2.24, 2.45) is 0 Å². The Morgan fingerprint density at radius 1 is 1.33 bits per heavy atom. The normalized spacial score (nSPS) is 10.4. The quantitative estimate of drug-likeness (QED) is 0.350. The summed E-state index contributed by atoms with van der Waals surface area (Å²) in [5.74, 6) is 0.0299. The number of nitro benzene ring substituents is 1. The molecular formula is C15H11BrN4O3S. The van der Waals surface area contributed by atoms with Gasteiger partial charge in [0.1, 0.15) is 5.82 Å². The third-order valence-electron chi connectivity index (χ3n) is 2.71. The average molecular weight is 407 g/mol. The predicted molar refractivity (Wildman–Crippen MR) is 98.4 cm³/mol. The second-order valence-electron chi connectivity index (χ2n) is 4.49. The molecule has 7 nitrogen and oxygen atoms in total. The fraction of sp³-hybridized carbons (Fsp3) is 0. The Hall–Kier alpha value is -2.65. The molecule has 0 aliphatic heterocycles. The number of carbonyl (C=O) groups excluding carboxylic acids is 1. The SMILES string of the molecule is O=C(/C=C/c1cccc([N+](=O)[O-])c1)NC(=S)Nc1ccc(Br)cn1. The Labute approximate surface area is 151 Å². The fourth-order valence-corrected chi connectivity index (χ4v) is 2.10. The van der Waals surface area contributed by atoms with E-state index >= 15 is 0 Å². The van der Waals surface area contributed by atoms with Crippen molar-refractivity contribution in [3.05, 3.63) is 68.8 Å². The molecule has 0 spiro atoms. The van der Waals surface area contributed by atoms with Crippen LogP contribution in [-0.2, 0) is 4.79 Å². The molecule has 1 amide bonds. The van der Waals surface area contributed by atoms with Gasteiger partial charge in [0.2, 0.25) is 5.91 Å². The van der Waals surface area contributed by atoms with Crippen LogP contribution in [0.15, 0.2) is 53.1 Å². The molecule has 1 heterocycles. The maximum absolute atomic E-state index is 11.8. The number of nitro groups is 1. The zero-order valence-corrected chi connectivity index (χ0v) is 14.5. The molecular weight excluding hydrogens is 396 g/mol. The average Bonchev–Trinajstić information content (AvgIpc) is 2.55. The molecule has 0 aliphatic rings. The topological polar surface area (TPSA) is 97.2 Å². The number of aromatic nitrogens is 1. The standard InChI is InChI=1S/C15H11BrN4O3S/c16-11-5-6-13(17-9-11)18-15(24)19-14(21)7-4-10-2-1-3-12(8-10)20(22)23/h1-9H,(H2,17,18,19,21,24)/b7-4+. The highest BCUT2D eigenvalue weighted by atomic mass is 79.9. The molecule has 0 atom stereocenters. The molecule has 0 unspecified atom stereocenters. The Bertz CT molecular complexity index is 809. The number of benzene rings is 1. The third kappa shape index (κ3) is 5.52. The van der Waals surface area contributed by atoms with E-state index in [-0.39, 0.29) is 10.8 Å². The molecule has 24 heavy (non-hydrogen) atoms. The molecule has 0 saturated heterocycles. The summed E-state index contributed by atoms with van der Waals surface area (Å²) < 4.78 is 0.822. The first-order valence-electron chi connectivity index (χ1n) is 6.60. The van der Waals surface area contributed by atoms with Gasteiger partial charge in [-0.05, 0) is 51.9 Å². The molecule has 2 aromatic rings. The first-order valence-corrected chi connectivity index (χ1v) is 7.80. The van der Waals surface area contributed by atoms with Crippen LogP contribution in [-0.4, -0.2) is 20.9 Å². The number of nitrogens with one attached hydrogen (secondary N) is 2. The van der Waals surface area contributed by atoms with Crippen molar-refractivity contribution in [1.82, 2.24) is 10.3 Å². The van der Waals surface area contributed by atoms with Gasteiger partial charge in [-0.2, -0.15) is 0 Å². The molecule has 9 heteroatoms. The van der Waals surface area contributed by atoms with E-state index in [0.717, 1.165) is 4.47 Å². The number of anilines is 1. The number of rotatable bonds is 4. The van der Waals surface area contributed by atoms with Gasteiger partial charge in [-0.1, -0.05) is 12.1 Å². The van der Waals surface area contributed by atoms with Gasteiger partial charge in [0, 0.05) is 28.9 Å². The number of hydrogen-bond donors (Lipinski definition) is 2. The monoisotopic (exact) mass is 406 g/mol. The first kappa shape index (κ1) is 17.7. The van der Waals surface area contributed by atoms with Crippen molar-refractivity contribution in [3.63, 3.8) is 0 Å². The lowest BCUT2D eigenvalue weighted by Gasteiger charge is -2.07. The molecule has 1 aromatic carbocycles. The summed E-state index contributed by atoms with van der Waals surface area (Å²) in [7, 11) is 0. The Kier molecular flexibility index (Phi) is 6.10. The van der Waals surface area contributed by atoms with Gasteiger partial charge >= 0.3 is 0 Å². The molecule has 0 radical (unpaired) electrons. The summed E-state index contributed by atoms with van der Waals surface area (Å²) in [6.07, 6.45) is 4.29. The second-order valence-corrected chi connectivity index (χ2v) is 5.81. The molecule has 0 aliphatic carbocycles. The van der Waals surface area contributed by atoms with E-state index < -0.39 is 10.8 Å². The van der Waals surface area contributed by atoms with Gasteiger partial charge in [-0.3, -0.25) is 20.2 Å². The van der Waals surface area contributed by atoms with Gasteiger partial charge in [-0.15, -0.1) is 0 Å². The highest BCUT2D eigenvalue weighted by Gasteiger charge is 2.05. The lowest BCUT2D eigenvalue weighted by Crippen LogP contribution is -2.33. The number of hydrogen-bond acceptors (Lipinski definition) is 5. The summed E-state index contributed by atoms with van der Waals surface area (Å²) in [6.45, 7) is 0. The van der Waals surface area contributed by atoms with E-state index in [1.165, 1.54) is 24.3 Å². The van der Waals surface area contributed by atoms with Crippen molar-refractivity contribution >= 4 is 56.7 Å². The summed E-state index contributed by atoms with van der Waals surface area (Å²) in [4.78, 5) is 26.1. The first-order chi connectivity index (χ1) is 11.4. The van der Waals surface area contributed by atoms with Crippen LogP contribution in [0.2, 0.25) is 0 Å². The largest absolute Gasteiger partial charge is 0.317 e. The highest BCUT2D eigenvalue weighted by Crippen LogP contribution is 2.14. The van der Waals surface area contributed by atoms with E-state index in [1.807, 2.05) is 0 Å². The number of nitrogens with zero attached hydrogens (tertiary/aromatic N) is 2. The highest BCUT2D eigenvalue weighted by molar-refractivity contribution is 9.10. The van der Waals surface area contributed by atoms with Crippen LogP contribution in [0.1, 0.15) is 5.56 Å². The lowest BCUT2D eigenvalue weighted by molar-refractivity contribution is -0.384. The van der Waals surface area contributed by atoms with E-state index in [1.54, 1.807) is 30.5 Å². The van der Waals surface area contributed by atoms with Crippen LogP contribution in [0.3, 0.4) is 0 Å². The van der Waals surface area contributed by atoms with Crippen molar-refractivity contribution in [3.8, 4) is 0 Å².